The molecule has 0 aliphatic heterocycles. The highest BCUT2D eigenvalue weighted by Crippen LogP contribution is 2.30. The van der Waals surface area contributed by atoms with Crippen LogP contribution < -0.4 is 4.74 Å². The van der Waals surface area contributed by atoms with Crippen LogP contribution in [0.5, 0.6) is 5.75 Å². The number of aromatic nitrogens is 1. The highest BCUT2D eigenvalue weighted by atomic mass is 32.1. The molecule has 1 heterocycles. The van der Waals surface area contributed by atoms with Gasteiger partial charge in [-0.3, -0.25) is 0 Å². The first kappa shape index (κ1) is 8.53. The van der Waals surface area contributed by atoms with E-state index in [0.29, 0.717) is 0 Å². The van der Waals surface area contributed by atoms with E-state index in [1.165, 1.54) is 11.5 Å². The maximum Gasteiger partial charge on any atom is 0.153 e. The number of hydrogen-bond donors (Lipinski definition) is 0. The Morgan fingerprint density at radius 1 is 1.45 bits per heavy atom. The van der Waals surface area contributed by atoms with E-state index in [9.17, 15) is 0 Å². The van der Waals surface area contributed by atoms with Crippen molar-refractivity contribution in [2.45, 2.75) is 26.2 Å². The zero-order valence-corrected chi connectivity index (χ0v) is 8.16. The molecule has 0 saturated carbocycles. The predicted octanol–water partition coefficient (Wildman–Crippen LogP) is 2.45. The Labute approximate surface area is 71.4 Å². The van der Waals surface area contributed by atoms with Crippen LogP contribution in [0.4, 0.5) is 0 Å². The molecule has 0 radical (unpaired) electrons. The minimum atomic E-state index is 0.0886. The Morgan fingerprint density at radius 3 is 2.45 bits per heavy atom. The molecule has 0 amide bonds. The fourth-order valence-corrected chi connectivity index (χ4v) is 1.70. The van der Waals surface area contributed by atoms with E-state index in [2.05, 4.69) is 25.1 Å². The molecule has 0 fully saturated rings. The highest BCUT2D eigenvalue weighted by Gasteiger charge is 2.21. The molecule has 1 rings (SSSR count). The third kappa shape index (κ3) is 1.71. The van der Waals surface area contributed by atoms with Crippen molar-refractivity contribution >= 4 is 11.5 Å². The Balaban J connectivity index is 3.02. The van der Waals surface area contributed by atoms with Gasteiger partial charge in [0.25, 0.3) is 0 Å². The van der Waals surface area contributed by atoms with E-state index in [-0.39, 0.29) is 5.41 Å². The van der Waals surface area contributed by atoms with Crippen LogP contribution in [0.2, 0.25) is 0 Å². The first-order valence-corrected chi connectivity index (χ1v) is 4.38. The summed E-state index contributed by atoms with van der Waals surface area (Å²) in [7, 11) is 1.68. The van der Waals surface area contributed by atoms with Gasteiger partial charge in [0.2, 0.25) is 0 Å². The normalized spacial score (nSPS) is 11.6. The number of nitrogens with zero attached hydrogens (tertiary/aromatic N) is 1. The zero-order valence-electron chi connectivity index (χ0n) is 7.34. The number of rotatable bonds is 1. The molecule has 0 atom stereocenters. The lowest BCUT2D eigenvalue weighted by Gasteiger charge is -2.16. The summed E-state index contributed by atoms with van der Waals surface area (Å²) < 4.78 is 9.43. The van der Waals surface area contributed by atoms with Crippen LogP contribution in [0, 0.1) is 0 Å². The van der Waals surface area contributed by atoms with Crippen LogP contribution in [0.15, 0.2) is 5.38 Å². The van der Waals surface area contributed by atoms with Gasteiger partial charge in [-0.15, -0.1) is 0 Å². The van der Waals surface area contributed by atoms with E-state index in [0.717, 1.165) is 11.4 Å². The number of ether oxygens (including phenoxy) is 1. The van der Waals surface area contributed by atoms with Crippen molar-refractivity contribution in [2.75, 3.05) is 7.11 Å². The first-order chi connectivity index (χ1) is 5.05. The van der Waals surface area contributed by atoms with E-state index < -0.39 is 0 Å². The van der Waals surface area contributed by atoms with Gasteiger partial charge in [-0.05, 0) is 11.5 Å². The SMILES string of the molecule is COc1csnc1C(C)(C)C. The van der Waals surface area contributed by atoms with Crippen LogP contribution in [0.1, 0.15) is 26.5 Å². The molecule has 0 spiro atoms. The van der Waals surface area contributed by atoms with Crippen molar-refractivity contribution in [2.24, 2.45) is 0 Å². The van der Waals surface area contributed by atoms with Gasteiger partial charge in [-0.25, -0.2) is 0 Å². The van der Waals surface area contributed by atoms with Gasteiger partial charge in [-0.1, -0.05) is 20.8 Å². The quantitative estimate of drug-likeness (QED) is 0.647. The van der Waals surface area contributed by atoms with E-state index >= 15 is 0 Å². The molecule has 11 heavy (non-hydrogen) atoms. The van der Waals surface area contributed by atoms with Crippen LogP contribution in [0.25, 0.3) is 0 Å². The summed E-state index contributed by atoms with van der Waals surface area (Å²) in [5.74, 6) is 0.905. The van der Waals surface area contributed by atoms with E-state index in [1.54, 1.807) is 7.11 Å². The summed E-state index contributed by atoms with van der Waals surface area (Å²) in [6, 6.07) is 0. The summed E-state index contributed by atoms with van der Waals surface area (Å²) in [4.78, 5) is 0. The number of methoxy groups -OCH3 is 1. The van der Waals surface area contributed by atoms with Gasteiger partial charge in [0, 0.05) is 5.41 Å². The van der Waals surface area contributed by atoms with Crippen molar-refractivity contribution in [3.05, 3.63) is 11.1 Å². The fraction of sp³-hybridized carbons (Fsp3) is 0.625. The minimum absolute atomic E-state index is 0.0886. The molecule has 1 aromatic heterocycles. The van der Waals surface area contributed by atoms with Crippen LogP contribution in [-0.4, -0.2) is 11.5 Å². The maximum absolute atomic E-state index is 5.16. The highest BCUT2D eigenvalue weighted by molar-refractivity contribution is 7.03. The van der Waals surface area contributed by atoms with Crippen molar-refractivity contribution < 1.29 is 4.74 Å². The Morgan fingerprint density at radius 2 is 2.09 bits per heavy atom. The summed E-state index contributed by atoms with van der Waals surface area (Å²) in [5, 5.41) is 1.93. The zero-order chi connectivity index (χ0) is 8.48. The Kier molecular flexibility index (Phi) is 2.18. The molecule has 0 aromatic carbocycles. The van der Waals surface area contributed by atoms with Crippen molar-refractivity contribution in [1.82, 2.24) is 4.37 Å². The van der Waals surface area contributed by atoms with E-state index in [1.807, 2.05) is 5.38 Å². The van der Waals surface area contributed by atoms with Gasteiger partial charge >= 0.3 is 0 Å². The second-order valence-electron chi connectivity index (χ2n) is 3.48. The minimum Gasteiger partial charge on any atom is -0.494 e. The molecule has 0 unspecified atom stereocenters. The lowest BCUT2D eigenvalue weighted by molar-refractivity contribution is 0.396. The molecule has 0 aliphatic carbocycles. The molecule has 0 saturated heterocycles. The van der Waals surface area contributed by atoms with Crippen molar-refractivity contribution in [3.8, 4) is 5.75 Å². The summed E-state index contributed by atoms with van der Waals surface area (Å²) in [5.41, 5.74) is 1.13. The third-order valence-electron chi connectivity index (χ3n) is 1.47. The smallest absolute Gasteiger partial charge is 0.153 e. The Bertz CT molecular complexity index is 236. The van der Waals surface area contributed by atoms with Crippen LogP contribution in [0.3, 0.4) is 0 Å². The molecular weight excluding hydrogens is 158 g/mol. The largest absolute Gasteiger partial charge is 0.494 e. The average Bonchev–Trinajstić information content (AvgIpc) is 2.31. The Hall–Kier alpha value is -0.570. The van der Waals surface area contributed by atoms with E-state index in [4.69, 9.17) is 4.74 Å². The van der Waals surface area contributed by atoms with Gasteiger partial charge in [-0.2, -0.15) is 4.37 Å². The molecule has 1 aromatic rings. The van der Waals surface area contributed by atoms with Crippen molar-refractivity contribution in [1.29, 1.82) is 0 Å². The fourth-order valence-electron chi connectivity index (χ4n) is 0.879. The van der Waals surface area contributed by atoms with Gasteiger partial charge in [0.05, 0.1) is 12.5 Å². The summed E-state index contributed by atoms with van der Waals surface area (Å²) in [6.07, 6.45) is 0. The molecule has 0 aliphatic rings. The molecule has 0 N–H and O–H groups in total. The summed E-state index contributed by atoms with van der Waals surface area (Å²) >= 11 is 1.44. The topological polar surface area (TPSA) is 22.1 Å². The standard InChI is InChI=1S/C8H13NOS/c1-8(2,3)7-6(10-4)5-11-9-7/h5H,1-4H3. The van der Waals surface area contributed by atoms with Gasteiger partial charge in [0.1, 0.15) is 5.69 Å². The molecule has 2 nitrogen and oxygen atoms in total. The van der Waals surface area contributed by atoms with Gasteiger partial charge in [0.15, 0.2) is 5.75 Å². The molecule has 62 valence electrons. The third-order valence-corrected chi connectivity index (χ3v) is 2.07. The second kappa shape index (κ2) is 2.81. The van der Waals surface area contributed by atoms with Crippen molar-refractivity contribution in [3.63, 3.8) is 0 Å². The monoisotopic (exact) mass is 171 g/mol. The van der Waals surface area contributed by atoms with Crippen LogP contribution in [-0.2, 0) is 5.41 Å². The summed E-state index contributed by atoms with van der Waals surface area (Å²) in [6.45, 7) is 6.39. The molecule has 0 bridgehead atoms. The first-order valence-electron chi connectivity index (χ1n) is 3.54. The van der Waals surface area contributed by atoms with Crippen LogP contribution >= 0.6 is 11.5 Å². The predicted molar refractivity (Wildman–Crippen MR) is 47.4 cm³/mol. The van der Waals surface area contributed by atoms with Gasteiger partial charge < -0.3 is 4.74 Å². The second-order valence-corrected chi connectivity index (χ2v) is 4.11. The lowest BCUT2D eigenvalue weighted by atomic mass is 9.92. The number of hydrogen-bond acceptors (Lipinski definition) is 3. The average molecular weight is 171 g/mol. The molecular formula is C8H13NOS. The maximum atomic E-state index is 5.16. The lowest BCUT2D eigenvalue weighted by Crippen LogP contribution is -2.12. The molecule has 3 heteroatoms.